The Morgan fingerprint density at radius 2 is 1.81 bits per heavy atom. The number of hydrogen-bond acceptors (Lipinski definition) is 4. The summed E-state index contributed by atoms with van der Waals surface area (Å²) in [6, 6.07) is 5.21. The summed E-state index contributed by atoms with van der Waals surface area (Å²) < 4.78 is 9.56. The predicted octanol–water partition coefficient (Wildman–Crippen LogP) is 1.29. The summed E-state index contributed by atoms with van der Waals surface area (Å²) in [5, 5.41) is 18.8. The molecule has 1 aromatic carbocycles. The van der Waals surface area contributed by atoms with E-state index in [9.17, 15) is 19.5 Å². The molecule has 0 amide bonds. The van der Waals surface area contributed by atoms with Crippen LogP contribution in [0.1, 0.15) is 10.4 Å². The highest BCUT2D eigenvalue weighted by Crippen LogP contribution is 2.16. The third-order valence-corrected chi connectivity index (χ3v) is 1.33. The Kier molecular flexibility index (Phi) is 6.12. The highest BCUT2D eigenvalue weighted by Gasteiger charge is 2.17. The summed E-state index contributed by atoms with van der Waals surface area (Å²) in [6.45, 7) is 0. The quantitative estimate of drug-likeness (QED) is 0.480. The van der Waals surface area contributed by atoms with Crippen molar-refractivity contribution in [3.8, 4) is 0 Å². The second kappa shape index (κ2) is 6.81. The van der Waals surface area contributed by atoms with Gasteiger partial charge >= 0.3 is 5.97 Å². The number of aromatic carboxylic acids is 1. The maximum absolute atomic E-state index is 10.4. The minimum absolute atomic E-state index is 0.289. The SMILES string of the molecule is C[S+](C)[O-].O=C(O)c1ccccc1[N+](=O)[O-]. The summed E-state index contributed by atoms with van der Waals surface area (Å²) in [7, 11) is 0. The smallest absolute Gasteiger partial charge is 0.342 e. The lowest BCUT2D eigenvalue weighted by atomic mass is 10.2. The van der Waals surface area contributed by atoms with Crippen LogP contribution in [-0.4, -0.2) is 33.1 Å². The highest BCUT2D eigenvalue weighted by molar-refractivity contribution is 7.89. The van der Waals surface area contributed by atoms with E-state index in [-0.39, 0.29) is 11.3 Å². The number of carbonyl (C=O) groups is 1. The third kappa shape index (κ3) is 5.32. The Labute approximate surface area is 95.2 Å². The van der Waals surface area contributed by atoms with Crippen molar-refractivity contribution < 1.29 is 19.4 Å². The molecule has 0 radical (unpaired) electrons. The van der Waals surface area contributed by atoms with Gasteiger partial charge in [-0.05, 0) is 6.07 Å². The second-order valence-electron chi connectivity index (χ2n) is 2.82. The van der Waals surface area contributed by atoms with Gasteiger partial charge in [-0.3, -0.25) is 10.1 Å². The van der Waals surface area contributed by atoms with E-state index in [0.29, 0.717) is 0 Å². The predicted molar refractivity (Wildman–Crippen MR) is 60.0 cm³/mol. The first-order chi connectivity index (χ1) is 7.36. The molecular formula is C9H11NO5S. The highest BCUT2D eigenvalue weighted by atomic mass is 32.2. The number of carboxylic acids is 1. The largest absolute Gasteiger partial charge is 0.617 e. The van der Waals surface area contributed by atoms with E-state index < -0.39 is 22.1 Å². The third-order valence-electron chi connectivity index (χ3n) is 1.33. The molecule has 7 heteroatoms. The molecule has 1 N–H and O–H groups in total. The van der Waals surface area contributed by atoms with Crippen molar-refractivity contribution in [1.29, 1.82) is 0 Å². The van der Waals surface area contributed by atoms with Crippen LogP contribution in [-0.2, 0) is 11.2 Å². The molecule has 0 aliphatic heterocycles. The zero-order valence-electron chi connectivity index (χ0n) is 8.75. The molecule has 0 saturated heterocycles. The topological polar surface area (TPSA) is 104 Å². The van der Waals surface area contributed by atoms with Crippen molar-refractivity contribution in [2.45, 2.75) is 0 Å². The normalized spacial score (nSPS) is 9.25. The van der Waals surface area contributed by atoms with Crippen molar-refractivity contribution in [1.82, 2.24) is 0 Å². The fourth-order valence-electron chi connectivity index (χ4n) is 0.814. The van der Waals surface area contributed by atoms with Gasteiger partial charge < -0.3 is 9.66 Å². The number of para-hydroxylation sites is 1. The molecule has 0 unspecified atom stereocenters. The molecule has 6 nitrogen and oxygen atoms in total. The number of rotatable bonds is 2. The van der Waals surface area contributed by atoms with Crippen molar-refractivity contribution in [2.75, 3.05) is 12.5 Å². The summed E-state index contributed by atoms with van der Waals surface area (Å²) in [5.41, 5.74) is -0.674. The van der Waals surface area contributed by atoms with Gasteiger partial charge in [0.05, 0.1) is 17.4 Å². The molecule has 16 heavy (non-hydrogen) atoms. The van der Waals surface area contributed by atoms with Crippen molar-refractivity contribution in [3.63, 3.8) is 0 Å². The van der Waals surface area contributed by atoms with Gasteiger partial charge in [-0.15, -0.1) is 0 Å². The Morgan fingerprint density at radius 1 is 1.38 bits per heavy atom. The van der Waals surface area contributed by atoms with Crippen molar-refractivity contribution in [2.24, 2.45) is 0 Å². The summed E-state index contributed by atoms with van der Waals surface area (Å²) in [4.78, 5) is 20.0. The fraction of sp³-hybridized carbons (Fsp3) is 0.222. The maximum atomic E-state index is 10.4. The van der Waals surface area contributed by atoms with Gasteiger partial charge in [0.15, 0.2) is 0 Å². The summed E-state index contributed by atoms with van der Waals surface area (Å²) >= 11 is -0.611. The van der Waals surface area contributed by atoms with Crippen LogP contribution < -0.4 is 0 Å². The van der Waals surface area contributed by atoms with E-state index in [0.717, 1.165) is 6.07 Å². The first-order valence-electron chi connectivity index (χ1n) is 4.08. The van der Waals surface area contributed by atoms with Gasteiger partial charge in [-0.1, -0.05) is 23.3 Å². The van der Waals surface area contributed by atoms with E-state index in [1.165, 1.54) is 18.2 Å². The van der Waals surface area contributed by atoms with Crippen LogP contribution in [0.3, 0.4) is 0 Å². The molecule has 0 spiro atoms. The molecule has 0 fully saturated rings. The summed E-state index contributed by atoms with van der Waals surface area (Å²) in [5.74, 6) is -1.29. The Hall–Kier alpha value is -1.60. The van der Waals surface area contributed by atoms with E-state index in [4.69, 9.17) is 5.11 Å². The molecular weight excluding hydrogens is 234 g/mol. The van der Waals surface area contributed by atoms with Gasteiger partial charge in [0, 0.05) is 6.07 Å². The maximum Gasteiger partial charge on any atom is 0.342 e. The molecule has 88 valence electrons. The Balaban J connectivity index is 0.000000487. The van der Waals surface area contributed by atoms with Crippen LogP contribution in [0, 0.1) is 10.1 Å². The van der Waals surface area contributed by atoms with E-state index in [2.05, 4.69) is 0 Å². The molecule has 0 aromatic heterocycles. The zero-order chi connectivity index (χ0) is 12.7. The number of benzene rings is 1. The molecule has 1 aromatic rings. The van der Waals surface area contributed by atoms with E-state index in [1.54, 1.807) is 12.5 Å². The summed E-state index contributed by atoms with van der Waals surface area (Å²) in [6.07, 6.45) is 3.28. The minimum atomic E-state index is -1.29. The van der Waals surface area contributed by atoms with E-state index >= 15 is 0 Å². The minimum Gasteiger partial charge on any atom is -0.617 e. The van der Waals surface area contributed by atoms with Crippen LogP contribution in [0.4, 0.5) is 5.69 Å². The zero-order valence-corrected chi connectivity index (χ0v) is 9.56. The van der Waals surface area contributed by atoms with Crippen LogP contribution in [0.2, 0.25) is 0 Å². The van der Waals surface area contributed by atoms with Crippen LogP contribution >= 0.6 is 0 Å². The molecule has 1 rings (SSSR count). The lowest BCUT2D eigenvalue weighted by Crippen LogP contribution is -2.01. The molecule has 0 aliphatic carbocycles. The fourth-order valence-corrected chi connectivity index (χ4v) is 0.814. The molecule has 0 bridgehead atoms. The molecule has 0 atom stereocenters. The lowest BCUT2D eigenvalue weighted by Gasteiger charge is -1.94. The van der Waals surface area contributed by atoms with Gasteiger partial charge in [0.2, 0.25) is 0 Å². The van der Waals surface area contributed by atoms with Crippen LogP contribution in [0.15, 0.2) is 24.3 Å². The number of nitro groups is 1. The monoisotopic (exact) mass is 245 g/mol. The Bertz CT molecular complexity index is 344. The van der Waals surface area contributed by atoms with Gasteiger partial charge in [0.1, 0.15) is 5.56 Å². The Morgan fingerprint density at radius 3 is 2.12 bits per heavy atom. The molecule has 0 aliphatic rings. The van der Waals surface area contributed by atoms with Gasteiger partial charge in [0.25, 0.3) is 5.69 Å². The number of carboxylic acid groups (broad SMARTS) is 1. The van der Waals surface area contributed by atoms with Crippen molar-refractivity contribution in [3.05, 3.63) is 39.9 Å². The van der Waals surface area contributed by atoms with E-state index in [1.807, 2.05) is 0 Å². The van der Waals surface area contributed by atoms with Crippen LogP contribution in [0.5, 0.6) is 0 Å². The first-order valence-corrected chi connectivity index (χ1v) is 6.04. The number of hydrogen-bond donors (Lipinski definition) is 1. The lowest BCUT2D eigenvalue weighted by molar-refractivity contribution is -0.385. The number of nitrogens with zero attached hydrogens (tertiary/aromatic N) is 1. The molecule has 0 saturated carbocycles. The second-order valence-corrected chi connectivity index (χ2v) is 4.30. The van der Waals surface area contributed by atoms with Gasteiger partial charge in [-0.2, -0.15) is 0 Å². The van der Waals surface area contributed by atoms with Crippen LogP contribution in [0.25, 0.3) is 0 Å². The average Bonchev–Trinajstić information content (AvgIpc) is 2.16. The van der Waals surface area contributed by atoms with Crippen molar-refractivity contribution >= 4 is 22.8 Å². The first kappa shape index (κ1) is 14.4. The van der Waals surface area contributed by atoms with Gasteiger partial charge in [-0.25, -0.2) is 4.79 Å². The average molecular weight is 245 g/mol. The standard InChI is InChI=1S/C7H5NO4.C2H6OS/c9-7(10)5-3-1-2-4-6(5)8(11)12;1-4(2)3/h1-4H,(H,9,10);1-2H3. The molecule has 0 heterocycles. The number of nitro benzene ring substituents is 1.